The van der Waals surface area contributed by atoms with E-state index in [4.69, 9.17) is 0 Å². The number of rotatable bonds is 3. The molecule has 0 aliphatic rings. The molecule has 1 rings (SSSR count). The van der Waals surface area contributed by atoms with E-state index < -0.39 is 5.60 Å². The van der Waals surface area contributed by atoms with Crippen LogP contribution in [-0.2, 0) is 5.60 Å². The highest BCUT2D eigenvalue weighted by Gasteiger charge is 2.27. The molecule has 0 atom stereocenters. The summed E-state index contributed by atoms with van der Waals surface area (Å²) in [5.41, 5.74) is 0.133. The molecule has 4 heteroatoms. The van der Waals surface area contributed by atoms with Crippen LogP contribution in [0, 0.1) is 0 Å². The van der Waals surface area contributed by atoms with Crippen LogP contribution in [0.1, 0.15) is 32.3 Å². The summed E-state index contributed by atoms with van der Waals surface area (Å²) in [4.78, 5) is 4.08. The van der Waals surface area contributed by atoms with Gasteiger partial charge in [-0.2, -0.15) is 0 Å². The molecule has 0 aliphatic heterocycles. The molecule has 0 spiro atoms. The maximum atomic E-state index is 10.3. The second-order valence-electron chi connectivity index (χ2n) is 3.20. The van der Waals surface area contributed by atoms with E-state index in [-0.39, 0.29) is 0 Å². The average Bonchev–Trinajstić information content (AvgIpc) is 2.21. The lowest BCUT2D eigenvalue weighted by Gasteiger charge is -2.26. The predicted octanol–water partition coefficient (Wildman–Crippen LogP) is 3.61. The fourth-order valence-corrected chi connectivity index (χ4v) is 2.34. The molecule has 0 unspecified atom stereocenters. The van der Waals surface area contributed by atoms with Gasteiger partial charge in [0.2, 0.25) is 0 Å². The highest BCUT2D eigenvalue weighted by Crippen LogP contribution is 2.36. The fourth-order valence-electron chi connectivity index (χ4n) is 1.41. The highest BCUT2D eigenvalue weighted by atomic mass is 79.9. The Morgan fingerprint density at radius 3 is 2.43 bits per heavy atom. The number of nitrogens with zero attached hydrogens (tertiary/aromatic N) is 1. The van der Waals surface area contributed by atoms with Gasteiger partial charge in [-0.3, -0.25) is 0 Å². The summed E-state index contributed by atoms with van der Waals surface area (Å²) in [5, 5.41) is 10.3. The molecule has 0 radical (unpaired) electrons. The zero-order valence-electron chi connectivity index (χ0n) is 8.22. The molecule has 78 valence electrons. The van der Waals surface area contributed by atoms with Crippen molar-refractivity contribution in [3.05, 3.63) is 26.9 Å². The number of pyridine rings is 1. The van der Waals surface area contributed by atoms with Crippen molar-refractivity contribution in [3.63, 3.8) is 0 Å². The molecule has 2 nitrogen and oxygen atoms in total. The maximum absolute atomic E-state index is 10.3. The smallest absolute Gasteiger partial charge is 0.120 e. The first-order valence-corrected chi connectivity index (χ1v) is 6.16. The van der Waals surface area contributed by atoms with Crippen molar-refractivity contribution in [2.45, 2.75) is 32.3 Å². The number of aliphatic hydroxyl groups is 1. The van der Waals surface area contributed by atoms with Crippen molar-refractivity contribution in [1.82, 2.24) is 4.98 Å². The summed E-state index contributed by atoms with van der Waals surface area (Å²) in [6.07, 6.45) is 3.08. The second-order valence-corrected chi connectivity index (χ2v) is 4.75. The number of halogens is 2. The zero-order valence-corrected chi connectivity index (χ0v) is 11.4. The summed E-state index contributed by atoms with van der Waals surface area (Å²) in [5.74, 6) is 0. The molecule has 0 aliphatic carbocycles. The van der Waals surface area contributed by atoms with E-state index >= 15 is 0 Å². The van der Waals surface area contributed by atoms with Crippen molar-refractivity contribution in [2.75, 3.05) is 0 Å². The highest BCUT2D eigenvalue weighted by molar-refractivity contribution is 9.13. The minimum atomic E-state index is -0.760. The SMILES string of the molecule is CCC(O)(CC)c1ccnc(Br)c1Br. The first-order valence-electron chi connectivity index (χ1n) is 4.58. The Morgan fingerprint density at radius 2 is 1.93 bits per heavy atom. The van der Waals surface area contributed by atoms with Gasteiger partial charge in [0.05, 0.1) is 10.1 Å². The van der Waals surface area contributed by atoms with Crippen LogP contribution in [0.4, 0.5) is 0 Å². The molecule has 1 aromatic heterocycles. The Kier molecular flexibility index (Phi) is 4.10. The first kappa shape index (κ1) is 12.1. The van der Waals surface area contributed by atoms with Crippen molar-refractivity contribution in [3.8, 4) is 0 Å². The van der Waals surface area contributed by atoms with Gasteiger partial charge in [-0.25, -0.2) is 4.98 Å². The molecule has 1 aromatic rings. The van der Waals surface area contributed by atoms with Crippen LogP contribution >= 0.6 is 31.9 Å². The second kappa shape index (κ2) is 4.73. The standard InChI is InChI=1S/C10H13Br2NO/c1-3-10(14,4-2)7-5-6-13-9(12)8(7)11/h5-6,14H,3-4H2,1-2H3. The number of hydrogen-bond donors (Lipinski definition) is 1. The van der Waals surface area contributed by atoms with E-state index in [0.29, 0.717) is 12.8 Å². The van der Waals surface area contributed by atoms with Gasteiger partial charge in [-0.1, -0.05) is 13.8 Å². The van der Waals surface area contributed by atoms with Crippen LogP contribution in [0.2, 0.25) is 0 Å². The van der Waals surface area contributed by atoms with Crippen LogP contribution < -0.4 is 0 Å². The Balaban J connectivity index is 3.24. The van der Waals surface area contributed by atoms with Gasteiger partial charge in [0.1, 0.15) is 4.60 Å². The molecule has 0 bridgehead atoms. The first-order chi connectivity index (χ1) is 6.55. The fraction of sp³-hybridized carbons (Fsp3) is 0.500. The van der Waals surface area contributed by atoms with E-state index in [9.17, 15) is 5.11 Å². The van der Waals surface area contributed by atoms with Crippen molar-refractivity contribution < 1.29 is 5.11 Å². The molecule has 1 N–H and O–H groups in total. The molecule has 0 amide bonds. The predicted molar refractivity (Wildman–Crippen MR) is 64.1 cm³/mol. The van der Waals surface area contributed by atoms with Gasteiger partial charge in [0.15, 0.2) is 0 Å². The number of hydrogen-bond acceptors (Lipinski definition) is 2. The Hall–Kier alpha value is 0.0700. The molecule has 0 saturated heterocycles. The van der Waals surface area contributed by atoms with Gasteiger partial charge in [0, 0.05) is 11.8 Å². The zero-order chi connectivity index (χ0) is 10.8. The van der Waals surface area contributed by atoms with Gasteiger partial charge in [-0.05, 0) is 50.8 Å². The third-order valence-corrected chi connectivity index (χ3v) is 4.45. The van der Waals surface area contributed by atoms with E-state index in [0.717, 1.165) is 14.6 Å². The monoisotopic (exact) mass is 321 g/mol. The van der Waals surface area contributed by atoms with Crippen molar-refractivity contribution in [1.29, 1.82) is 0 Å². The number of aromatic nitrogens is 1. The minimum Gasteiger partial charge on any atom is -0.385 e. The molecular formula is C10H13Br2NO. The maximum Gasteiger partial charge on any atom is 0.120 e. The summed E-state index contributed by atoms with van der Waals surface area (Å²) in [6.45, 7) is 3.95. The van der Waals surface area contributed by atoms with Crippen LogP contribution in [0.3, 0.4) is 0 Å². The third kappa shape index (κ3) is 2.18. The molecule has 1 heterocycles. The Bertz CT molecular complexity index is 324. The molecule has 0 fully saturated rings. The Morgan fingerprint density at radius 1 is 1.36 bits per heavy atom. The van der Waals surface area contributed by atoms with E-state index in [1.165, 1.54) is 0 Å². The van der Waals surface area contributed by atoms with E-state index in [2.05, 4.69) is 36.8 Å². The van der Waals surface area contributed by atoms with Gasteiger partial charge < -0.3 is 5.11 Å². The van der Waals surface area contributed by atoms with Crippen LogP contribution in [0.5, 0.6) is 0 Å². The third-order valence-electron chi connectivity index (χ3n) is 2.52. The van der Waals surface area contributed by atoms with Crippen molar-refractivity contribution in [2.24, 2.45) is 0 Å². The minimum absolute atomic E-state index is 0.693. The van der Waals surface area contributed by atoms with Crippen LogP contribution in [0.15, 0.2) is 21.3 Å². The van der Waals surface area contributed by atoms with Gasteiger partial charge in [0.25, 0.3) is 0 Å². The van der Waals surface area contributed by atoms with Gasteiger partial charge in [-0.15, -0.1) is 0 Å². The van der Waals surface area contributed by atoms with Crippen molar-refractivity contribution >= 4 is 31.9 Å². The molecular weight excluding hydrogens is 310 g/mol. The van der Waals surface area contributed by atoms with Crippen LogP contribution in [-0.4, -0.2) is 10.1 Å². The lowest BCUT2D eigenvalue weighted by Crippen LogP contribution is -2.24. The van der Waals surface area contributed by atoms with Gasteiger partial charge >= 0.3 is 0 Å². The van der Waals surface area contributed by atoms with E-state index in [1.807, 2.05) is 19.9 Å². The summed E-state index contributed by atoms with van der Waals surface area (Å²) < 4.78 is 1.57. The van der Waals surface area contributed by atoms with Crippen LogP contribution in [0.25, 0.3) is 0 Å². The molecule has 0 saturated carbocycles. The Labute approximate surface area is 101 Å². The summed E-state index contributed by atoms with van der Waals surface area (Å²) in [6, 6.07) is 1.85. The summed E-state index contributed by atoms with van der Waals surface area (Å²) in [7, 11) is 0. The molecule has 0 aromatic carbocycles. The van der Waals surface area contributed by atoms with E-state index in [1.54, 1.807) is 6.20 Å². The lowest BCUT2D eigenvalue weighted by molar-refractivity contribution is 0.0275. The largest absolute Gasteiger partial charge is 0.385 e. The normalized spacial score (nSPS) is 11.8. The molecule has 14 heavy (non-hydrogen) atoms. The topological polar surface area (TPSA) is 33.1 Å². The summed E-state index contributed by atoms with van der Waals surface area (Å²) >= 11 is 6.76. The average molecular weight is 323 g/mol. The lowest BCUT2D eigenvalue weighted by atomic mass is 9.89. The quantitative estimate of drug-likeness (QED) is 0.862.